The topological polar surface area (TPSA) is 75.3 Å². The van der Waals surface area contributed by atoms with Crippen LogP contribution in [0.25, 0.3) is 89.8 Å². The quantitative estimate of drug-likeness (QED) is 0.162. The van der Waals surface area contributed by atoms with Crippen molar-refractivity contribution < 1.29 is 0 Å². The van der Waals surface area contributed by atoms with Gasteiger partial charge in [-0.25, -0.2) is 15.0 Å². The van der Waals surface area contributed by atoms with Gasteiger partial charge < -0.3 is 0 Å². The molecule has 0 aliphatic heterocycles. The molecule has 0 N–H and O–H groups in total. The maximum absolute atomic E-state index is 9.71. The van der Waals surface area contributed by atoms with Gasteiger partial charge in [0.15, 0.2) is 17.5 Å². The van der Waals surface area contributed by atoms with Gasteiger partial charge in [-0.2, -0.15) is 5.26 Å². The highest BCUT2D eigenvalue weighted by Crippen LogP contribution is 2.50. The summed E-state index contributed by atoms with van der Waals surface area (Å²) in [7, 11) is 0. The van der Waals surface area contributed by atoms with Crippen molar-refractivity contribution in [3.05, 3.63) is 205 Å². The lowest BCUT2D eigenvalue weighted by Crippen LogP contribution is -2.15. The van der Waals surface area contributed by atoms with Gasteiger partial charge in [0.2, 0.25) is 0 Å². The summed E-state index contributed by atoms with van der Waals surface area (Å²) in [6.07, 6.45) is 3.64. The number of fused-ring (bicyclic) bond motifs is 3. The molecular weight excluding hydrogens is 719 g/mol. The van der Waals surface area contributed by atoms with E-state index in [-0.39, 0.29) is 5.41 Å². The first-order chi connectivity index (χ1) is 28.9. The SMILES string of the molecule is CC1(C)c2cc(C#N)ccc2-c2ccc(-c3cc(-c4ccc(-c5ccncc5)cc4)cc(-c4nc(-c5ccccc5)nc(-c5ccc(-c6ccccc6)cc5)n4)c3)cc21. The Hall–Kier alpha value is -7.81. The summed E-state index contributed by atoms with van der Waals surface area (Å²) in [4.78, 5) is 19.6. The minimum absolute atomic E-state index is 0.277. The Morgan fingerprint density at radius 3 is 1.37 bits per heavy atom. The van der Waals surface area contributed by atoms with Crippen molar-refractivity contribution in [2.24, 2.45) is 0 Å². The highest BCUT2D eigenvalue weighted by molar-refractivity contribution is 5.87. The lowest BCUT2D eigenvalue weighted by atomic mass is 9.81. The van der Waals surface area contributed by atoms with Crippen LogP contribution in [-0.4, -0.2) is 19.9 Å². The molecule has 7 aromatic carbocycles. The van der Waals surface area contributed by atoms with E-state index >= 15 is 0 Å². The highest BCUT2D eigenvalue weighted by atomic mass is 15.0. The van der Waals surface area contributed by atoms with Gasteiger partial charge in [-0.15, -0.1) is 0 Å². The van der Waals surface area contributed by atoms with Crippen LogP contribution in [0, 0.1) is 11.3 Å². The summed E-state index contributed by atoms with van der Waals surface area (Å²) in [5.74, 6) is 1.81. The zero-order chi connectivity index (χ0) is 39.9. The number of nitrogens with zero attached hydrogens (tertiary/aromatic N) is 5. The molecule has 1 aliphatic rings. The van der Waals surface area contributed by atoms with Crippen molar-refractivity contribution in [2.75, 3.05) is 0 Å². The fourth-order valence-electron chi connectivity index (χ4n) is 8.27. The zero-order valence-electron chi connectivity index (χ0n) is 32.6. The number of benzene rings is 7. The lowest BCUT2D eigenvalue weighted by Gasteiger charge is -2.22. The van der Waals surface area contributed by atoms with Crippen LogP contribution in [0.1, 0.15) is 30.5 Å². The number of pyridine rings is 1. The largest absolute Gasteiger partial charge is 0.265 e. The third-order valence-electron chi connectivity index (χ3n) is 11.5. The first-order valence-corrected chi connectivity index (χ1v) is 19.7. The zero-order valence-corrected chi connectivity index (χ0v) is 32.6. The molecule has 5 nitrogen and oxygen atoms in total. The minimum Gasteiger partial charge on any atom is -0.265 e. The standard InChI is InChI=1S/C54H37N5/c1-54(2)49-29-35(34-55)13-23-47(49)48-24-22-43(33-50(48)54)45-30-44(39-16-14-38(15-17-39)40-25-27-56-28-26-40)31-46(32-45)53-58-51(41-11-7-4-8-12-41)57-52(59-53)42-20-18-37(19-21-42)36-9-5-3-6-10-36/h3-33H,1-2H3. The average Bonchev–Trinajstić information content (AvgIpc) is 3.54. The lowest BCUT2D eigenvalue weighted by molar-refractivity contribution is 0.660. The molecule has 0 spiro atoms. The van der Waals surface area contributed by atoms with Crippen molar-refractivity contribution in [3.63, 3.8) is 0 Å². The van der Waals surface area contributed by atoms with Crippen molar-refractivity contribution in [1.82, 2.24) is 19.9 Å². The van der Waals surface area contributed by atoms with Crippen molar-refractivity contribution >= 4 is 0 Å². The summed E-state index contributed by atoms with van der Waals surface area (Å²) >= 11 is 0. The second-order valence-electron chi connectivity index (χ2n) is 15.5. The van der Waals surface area contributed by atoms with Crippen LogP contribution in [0.4, 0.5) is 0 Å². The van der Waals surface area contributed by atoms with Gasteiger partial charge in [-0.1, -0.05) is 141 Å². The van der Waals surface area contributed by atoms with Gasteiger partial charge in [0.25, 0.3) is 0 Å². The molecule has 1 aliphatic carbocycles. The Balaban J connectivity index is 1.13. The second-order valence-corrected chi connectivity index (χ2v) is 15.5. The predicted molar refractivity (Wildman–Crippen MR) is 238 cm³/mol. The van der Waals surface area contributed by atoms with Gasteiger partial charge in [0, 0.05) is 34.5 Å². The van der Waals surface area contributed by atoms with E-state index in [1.807, 2.05) is 73.1 Å². The van der Waals surface area contributed by atoms with E-state index in [2.05, 4.69) is 140 Å². The second kappa shape index (κ2) is 14.6. The van der Waals surface area contributed by atoms with Gasteiger partial charge in [0.1, 0.15) is 0 Å². The molecule has 0 atom stereocenters. The fourth-order valence-corrected chi connectivity index (χ4v) is 8.27. The van der Waals surface area contributed by atoms with Crippen molar-refractivity contribution in [1.29, 1.82) is 5.26 Å². The average molecular weight is 756 g/mol. The van der Waals surface area contributed by atoms with E-state index in [1.165, 1.54) is 22.3 Å². The number of hydrogen-bond acceptors (Lipinski definition) is 5. The first kappa shape index (κ1) is 35.6. The van der Waals surface area contributed by atoms with Crippen LogP contribution in [0.2, 0.25) is 0 Å². The predicted octanol–water partition coefficient (Wildman–Crippen LogP) is 13.1. The first-order valence-electron chi connectivity index (χ1n) is 19.7. The van der Waals surface area contributed by atoms with Gasteiger partial charge >= 0.3 is 0 Å². The summed E-state index contributed by atoms with van der Waals surface area (Å²) in [6.45, 7) is 4.50. The summed E-state index contributed by atoms with van der Waals surface area (Å²) in [5.41, 5.74) is 16.7. The Kier molecular flexibility index (Phi) is 8.81. The maximum atomic E-state index is 9.71. The maximum Gasteiger partial charge on any atom is 0.164 e. The van der Waals surface area contributed by atoms with Crippen molar-refractivity contribution in [2.45, 2.75) is 19.3 Å². The summed E-state index contributed by atoms with van der Waals surface area (Å²) in [5, 5.41) is 9.71. The van der Waals surface area contributed by atoms with Crippen LogP contribution in [0.5, 0.6) is 0 Å². The Morgan fingerprint density at radius 1 is 0.373 bits per heavy atom. The molecule has 0 fully saturated rings. The van der Waals surface area contributed by atoms with E-state index in [0.717, 1.165) is 61.2 Å². The normalized spacial score (nSPS) is 12.4. The Bertz CT molecular complexity index is 3040. The Labute approximate surface area is 344 Å². The molecule has 0 radical (unpaired) electrons. The summed E-state index contributed by atoms with van der Waals surface area (Å²) in [6, 6.07) is 63.4. The number of rotatable bonds is 7. The molecule has 0 unspecified atom stereocenters. The summed E-state index contributed by atoms with van der Waals surface area (Å²) < 4.78 is 0. The van der Waals surface area contributed by atoms with E-state index in [4.69, 9.17) is 15.0 Å². The molecule has 0 saturated heterocycles. The smallest absolute Gasteiger partial charge is 0.164 e. The molecule has 10 rings (SSSR count). The third-order valence-corrected chi connectivity index (χ3v) is 11.5. The molecule has 278 valence electrons. The van der Waals surface area contributed by atoms with Crippen LogP contribution in [-0.2, 0) is 5.41 Å². The van der Waals surface area contributed by atoms with E-state index < -0.39 is 0 Å². The molecule has 2 heterocycles. The van der Waals surface area contributed by atoms with Crippen LogP contribution in [0.3, 0.4) is 0 Å². The minimum atomic E-state index is -0.277. The monoisotopic (exact) mass is 755 g/mol. The van der Waals surface area contributed by atoms with E-state index in [9.17, 15) is 5.26 Å². The molecular formula is C54H37N5. The van der Waals surface area contributed by atoms with Crippen LogP contribution < -0.4 is 0 Å². The molecule has 0 bridgehead atoms. The molecule has 59 heavy (non-hydrogen) atoms. The molecule has 5 heteroatoms. The third kappa shape index (κ3) is 6.67. The number of nitriles is 1. The van der Waals surface area contributed by atoms with Gasteiger partial charge in [-0.3, -0.25) is 4.98 Å². The van der Waals surface area contributed by atoms with Gasteiger partial charge in [0.05, 0.1) is 11.6 Å². The Morgan fingerprint density at radius 2 is 0.780 bits per heavy atom. The molecule has 0 amide bonds. The highest BCUT2D eigenvalue weighted by Gasteiger charge is 2.36. The van der Waals surface area contributed by atoms with Crippen molar-refractivity contribution in [3.8, 4) is 95.9 Å². The van der Waals surface area contributed by atoms with Crippen LogP contribution >= 0.6 is 0 Å². The molecule has 9 aromatic rings. The van der Waals surface area contributed by atoms with Crippen LogP contribution in [0.15, 0.2) is 188 Å². The molecule has 2 aromatic heterocycles. The number of aromatic nitrogens is 4. The van der Waals surface area contributed by atoms with E-state index in [0.29, 0.717) is 23.0 Å². The molecule has 0 saturated carbocycles. The van der Waals surface area contributed by atoms with E-state index in [1.54, 1.807) is 0 Å². The number of hydrogen-bond donors (Lipinski definition) is 0. The van der Waals surface area contributed by atoms with Gasteiger partial charge in [-0.05, 0) is 115 Å². The fraction of sp³-hybridized carbons (Fsp3) is 0.0556.